The third-order valence-electron chi connectivity index (χ3n) is 1.54. The van der Waals surface area contributed by atoms with Crippen molar-refractivity contribution in [3.05, 3.63) is 0 Å². The second kappa shape index (κ2) is 7.10. The van der Waals surface area contributed by atoms with Gasteiger partial charge in [0.2, 0.25) is 0 Å². The SMILES string of the molecule is SCCC1SCSC(CCS)S1. The van der Waals surface area contributed by atoms with E-state index >= 15 is 0 Å². The summed E-state index contributed by atoms with van der Waals surface area (Å²) in [6, 6.07) is 0. The van der Waals surface area contributed by atoms with E-state index in [0.717, 1.165) is 20.7 Å². The van der Waals surface area contributed by atoms with Crippen molar-refractivity contribution in [2.45, 2.75) is 22.0 Å². The molecule has 1 saturated heterocycles. The average Bonchev–Trinajstić information content (AvgIpc) is 2.06. The Bertz CT molecular complexity index is 102. The van der Waals surface area contributed by atoms with E-state index in [1.807, 2.05) is 0 Å². The summed E-state index contributed by atoms with van der Waals surface area (Å²) in [5.74, 6) is 2.03. The Hall–Kier alpha value is 1.75. The summed E-state index contributed by atoms with van der Waals surface area (Å²) >= 11 is 14.8. The summed E-state index contributed by atoms with van der Waals surface area (Å²) < 4.78 is 1.57. The maximum atomic E-state index is 4.26. The van der Waals surface area contributed by atoms with Gasteiger partial charge in [-0.05, 0) is 24.3 Å². The van der Waals surface area contributed by atoms with Gasteiger partial charge in [-0.25, -0.2) is 0 Å². The minimum absolute atomic E-state index is 0.786. The third-order valence-corrected chi connectivity index (χ3v) is 6.92. The van der Waals surface area contributed by atoms with Crippen molar-refractivity contribution in [2.75, 3.05) is 16.6 Å². The molecule has 0 aromatic heterocycles. The fourth-order valence-electron chi connectivity index (χ4n) is 0.952. The maximum absolute atomic E-state index is 4.26. The van der Waals surface area contributed by atoms with Crippen LogP contribution >= 0.6 is 60.5 Å². The van der Waals surface area contributed by atoms with E-state index in [9.17, 15) is 0 Å². The fourth-order valence-corrected chi connectivity index (χ4v) is 7.76. The summed E-state index contributed by atoms with van der Waals surface area (Å²) in [5.41, 5.74) is 0. The van der Waals surface area contributed by atoms with Crippen molar-refractivity contribution in [3.63, 3.8) is 0 Å². The van der Waals surface area contributed by atoms with E-state index in [4.69, 9.17) is 0 Å². The molecule has 1 aliphatic heterocycles. The molecular formula is C7H14S5. The first-order valence-corrected chi connectivity index (χ1v) is 8.27. The molecule has 1 rings (SSSR count). The first kappa shape index (κ1) is 11.8. The van der Waals surface area contributed by atoms with Crippen LogP contribution in [0.25, 0.3) is 0 Å². The largest absolute Gasteiger partial charge is 0.179 e. The van der Waals surface area contributed by atoms with Crippen LogP contribution in [0.5, 0.6) is 0 Å². The van der Waals surface area contributed by atoms with E-state index < -0.39 is 0 Å². The highest BCUT2D eigenvalue weighted by molar-refractivity contribution is 8.33. The lowest BCUT2D eigenvalue weighted by Gasteiger charge is -2.27. The van der Waals surface area contributed by atoms with Crippen LogP contribution in [0.1, 0.15) is 12.8 Å². The Labute approximate surface area is 98.6 Å². The van der Waals surface area contributed by atoms with Crippen LogP contribution in [0, 0.1) is 0 Å². The van der Waals surface area contributed by atoms with Gasteiger partial charge in [0.15, 0.2) is 0 Å². The molecule has 0 aliphatic carbocycles. The Morgan fingerprint density at radius 2 is 1.50 bits per heavy atom. The average molecular weight is 259 g/mol. The zero-order chi connectivity index (χ0) is 8.81. The Balaban J connectivity index is 2.20. The maximum Gasteiger partial charge on any atom is 0.0529 e. The van der Waals surface area contributed by atoms with Gasteiger partial charge in [-0.2, -0.15) is 25.3 Å². The molecular weight excluding hydrogens is 244 g/mol. The molecule has 12 heavy (non-hydrogen) atoms. The number of thiol groups is 2. The van der Waals surface area contributed by atoms with E-state index in [1.165, 1.54) is 17.9 Å². The summed E-state index contributed by atoms with van der Waals surface area (Å²) in [5, 5.41) is 1.25. The quantitative estimate of drug-likeness (QED) is 0.742. The first-order chi connectivity index (χ1) is 5.86. The van der Waals surface area contributed by atoms with Crippen molar-refractivity contribution in [1.82, 2.24) is 0 Å². The second-order valence-electron chi connectivity index (χ2n) is 2.47. The molecule has 5 heteroatoms. The highest BCUT2D eigenvalue weighted by Gasteiger charge is 2.21. The van der Waals surface area contributed by atoms with Gasteiger partial charge in [-0.3, -0.25) is 0 Å². The van der Waals surface area contributed by atoms with Gasteiger partial charge >= 0.3 is 0 Å². The van der Waals surface area contributed by atoms with Gasteiger partial charge < -0.3 is 0 Å². The van der Waals surface area contributed by atoms with Crippen molar-refractivity contribution < 1.29 is 0 Å². The molecule has 1 fully saturated rings. The minimum atomic E-state index is 0.786. The lowest BCUT2D eigenvalue weighted by molar-refractivity contribution is 1.04. The van der Waals surface area contributed by atoms with E-state index in [0.29, 0.717) is 0 Å². The molecule has 0 aromatic rings. The monoisotopic (exact) mass is 258 g/mol. The second-order valence-corrected chi connectivity index (χ2v) is 8.12. The van der Waals surface area contributed by atoms with Crippen LogP contribution in [0.3, 0.4) is 0 Å². The molecule has 1 aliphatic rings. The van der Waals surface area contributed by atoms with E-state index in [2.05, 4.69) is 60.5 Å². The fraction of sp³-hybridized carbons (Fsp3) is 1.00. The van der Waals surface area contributed by atoms with Gasteiger partial charge in [0, 0.05) is 5.08 Å². The number of hydrogen-bond acceptors (Lipinski definition) is 5. The first-order valence-electron chi connectivity index (χ1n) is 3.97. The molecule has 72 valence electrons. The topological polar surface area (TPSA) is 0 Å². The summed E-state index contributed by atoms with van der Waals surface area (Å²) in [6.45, 7) is 0. The van der Waals surface area contributed by atoms with Gasteiger partial charge in [0.1, 0.15) is 0 Å². The van der Waals surface area contributed by atoms with E-state index in [-0.39, 0.29) is 0 Å². The molecule has 0 nitrogen and oxygen atoms in total. The summed E-state index contributed by atoms with van der Waals surface area (Å²) in [6.07, 6.45) is 2.48. The zero-order valence-corrected chi connectivity index (χ0v) is 11.0. The van der Waals surface area contributed by atoms with Crippen molar-refractivity contribution in [1.29, 1.82) is 0 Å². The molecule has 0 aromatic carbocycles. The summed E-state index contributed by atoms with van der Waals surface area (Å²) in [7, 11) is 0. The molecule has 2 unspecified atom stereocenters. The molecule has 0 saturated carbocycles. The van der Waals surface area contributed by atoms with Crippen LogP contribution in [0.2, 0.25) is 0 Å². The zero-order valence-electron chi connectivity index (χ0n) is 6.81. The number of rotatable bonds is 4. The van der Waals surface area contributed by atoms with Crippen LogP contribution in [0.15, 0.2) is 0 Å². The third kappa shape index (κ3) is 4.31. The highest BCUT2D eigenvalue weighted by atomic mass is 32.3. The normalized spacial score (nSPS) is 30.5. The van der Waals surface area contributed by atoms with Crippen LogP contribution in [-0.4, -0.2) is 25.8 Å². The van der Waals surface area contributed by atoms with Crippen LogP contribution in [0.4, 0.5) is 0 Å². The van der Waals surface area contributed by atoms with Gasteiger partial charge in [-0.15, -0.1) is 35.3 Å². The van der Waals surface area contributed by atoms with E-state index in [1.54, 1.807) is 0 Å². The molecule has 0 N–H and O–H groups in total. The Kier molecular flexibility index (Phi) is 6.99. The molecule has 1 heterocycles. The summed E-state index contributed by atoms with van der Waals surface area (Å²) in [4.78, 5) is 0. The molecule has 0 amide bonds. The predicted octanol–water partition coefficient (Wildman–Crippen LogP) is 3.45. The molecule has 0 bridgehead atoms. The Morgan fingerprint density at radius 3 is 1.92 bits per heavy atom. The van der Waals surface area contributed by atoms with Crippen LogP contribution in [-0.2, 0) is 0 Å². The smallest absolute Gasteiger partial charge is 0.0529 e. The molecule has 0 radical (unpaired) electrons. The van der Waals surface area contributed by atoms with Gasteiger partial charge in [0.25, 0.3) is 0 Å². The highest BCUT2D eigenvalue weighted by Crippen LogP contribution is 2.44. The Morgan fingerprint density at radius 1 is 1.00 bits per heavy atom. The number of hydrogen-bond donors (Lipinski definition) is 2. The standard InChI is InChI=1S/C7H14S5/c8-3-1-6-10-5-11-7(12-6)2-4-9/h6-9H,1-5H2. The lowest BCUT2D eigenvalue weighted by atomic mass is 10.5. The minimum Gasteiger partial charge on any atom is -0.179 e. The molecule has 2 atom stereocenters. The predicted molar refractivity (Wildman–Crippen MR) is 72.2 cm³/mol. The lowest BCUT2D eigenvalue weighted by Crippen LogP contribution is -2.12. The van der Waals surface area contributed by atoms with Crippen molar-refractivity contribution in [2.24, 2.45) is 0 Å². The molecule has 0 spiro atoms. The van der Waals surface area contributed by atoms with Crippen molar-refractivity contribution >= 4 is 60.5 Å². The van der Waals surface area contributed by atoms with Gasteiger partial charge in [0.05, 0.1) is 9.16 Å². The van der Waals surface area contributed by atoms with Crippen LogP contribution < -0.4 is 0 Å². The number of thioether (sulfide) groups is 3. The van der Waals surface area contributed by atoms with Crippen molar-refractivity contribution in [3.8, 4) is 0 Å². The van der Waals surface area contributed by atoms with Gasteiger partial charge in [-0.1, -0.05) is 0 Å².